The molecule has 3 aliphatic rings. The maximum atomic E-state index is 13.4. The van der Waals surface area contributed by atoms with Crippen molar-refractivity contribution in [2.75, 3.05) is 26.7 Å². The number of hydrogen-bond donors (Lipinski definition) is 0. The van der Waals surface area contributed by atoms with Crippen molar-refractivity contribution in [3.05, 3.63) is 71.3 Å². The van der Waals surface area contributed by atoms with E-state index in [-0.39, 0.29) is 18.4 Å². The third-order valence-corrected chi connectivity index (χ3v) is 6.23. The number of hydrogen-bond acceptors (Lipinski definition) is 5. The largest absolute Gasteiger partial charge is 0.484 e. The molecule has 3 aliphatic heterocycles. The first-order valence-corrected chi connectivity index (χ1v) is 10.7. The number of benzene rings is 1. The zero-order valence-electron chi connectivity index (χ0n) is 18.0. The number of rotatable bonds is 2. The summed E-state index contributed by atoms with van der Waals surface area (Å²) in [5, 5.41) is 0. The molecule has 32 heavy (non-hydrogen) atoms. The summed E-state index contributed by atoms with van der Waals surface area (Å²) < 4.78 is 18.8. The SMILES string of the molecule is COC1=NCC=C(C2=NCC(=O)N3CCc4c(cccc4-c4ccc(F)nc4)C3=C2)C1C. The molecule has 1 amide bonds. The number of carbonyl (C=O) groups excluding carboxylic acids is 1. The number of amides is 1. The Morgan fingerprint density at radius 1 is 1.16 bits per heavy atom. The van der Waals surface area contributed by atoms with Gasteiger partial charge in [0.2, 0.25) is 11.9 Å². The Hall–Kier alpha value is -3.61. The van der Waals surface area contributed by atoms with Crippen molar-refractivity contribution in [2.24, 2.45) is 15.9 Å². The van der Waals surface area contributed by atoms with Crippen LogP contribution in [0.1, 0.15) is 18.1 Å². The van der Waals surface area contributed by atoms with Gasteiger partial charge < -0.3 is 9.64 Å². The molecule has 2 aromatic rings. The summed E-state index contributed by atoms with van der Waals surface area (Å²) in [4.78, 5) is 27.6. The molecule has 5 rings (SSSR count). The highest BCUT2D eigenvalue weighted by molar-refractivity contribution is 6.17. The minimum atomic E-state index is -0.503. The van der Waals surface area contributed by atoms with Crippen molar-refractivity contribution in [1.82, 2.24) is 9.88 Å². The molecule has 0 spiro atoms. The highest BCUT2D eigenvalue weighted by Gasteiger charge is 2.31. The van der Waals surface area contributed by atoms with E-state index in [1.807, 2.05) is 42.2 Å². The smallest absolute Gasteiger partial charge is 0.248 e. The third-order valence-electron chi connectivity index (χ3n) is 6.23. The first kappa shape index (κ1) is 20.3. The van der Waals surface area contributed by atoms with Crippen molar-refractivity contribution in [3.8, 4) is 11.1 Å². The molecular formula is C25H23FN4O2. The second-order valence-electron chi connectivity index (χ2n) is 7.99. The second-order valence-corrected chi connectivity index (χ2v) is 7.99. The van der Waals surface area contributed by atoms with Crippen LogP contribution >= 0.6 is 0 Å². The van der Waals surface area contributed by atoms with Crippen LogP contribution in [0.15, 0.2) is 64.2 Å². The van der Waals surface area contributed by atoms with Gasteiger partial charge in [0, 0.05) is 23.9 Å². The molecule has 1 unspecified atom stereocenters. The summed E-state index contributed by atoms with van der Waals surface area (Å²) in [6, 6.07) is 9.13. The fourth-order valence-corrected chi connectivity index (χ4v) is 4.64. The summed E-state index contributed by atoms with van der Waals surface area (Å²) in [7, 11) is 1.63. The van der Waals surface area contributed by atoms with Gasteiger partial charge in [0.25, 0.3) is 0 Å². The maximum absolute atomic E-state index is 13.4. The zero-order valence-corrected chi connectivity index (χ0v) is 18.0. The van der Waals surface area contributed by atoms with Crippen molar-refractivity contribution in [2.45, 2.75) is 13.3 Å². The van der Waals surface area contributed by atoms with Crippen molar-refractivity contribution in [3.63, 3.8) is 0 Å². The average Bonchev–Trinajstić information content (AvgIpc) is 2.98. The van der Waals surface area contributed by atoms with Gasteiger partial charge in [-0.1, -0.05) is 24.3 Å². The summed E-state index contributed by atoms with van der Waals surface area (Å²) in [5.74, 6) is 0.115. The highest BCUT2D eigenvalue weighted by atomic mass is 19.1. The van der Waals surface area contributed by atoms with Gasteiger partial charge in [-0.15, -0.1) is 0 Å². The van der Waals surface area contributed by atoms with Crippen molar-refractivity contribution in [1.29, 1.82) is 0 Å². The zero-order chi connectivity index (χ0) is 22.2. The number of aliphatic imine (C=N–C) groups is 2. The summed E-state index contributed by atoms with van der Waals surface area (Å²) in [6.45, 7) is 3.25. The van der Waals surface area contributed by atoms with Crippen LogP contribution in [-0.2, 0) is 16.0 Å². The molecule has 0 saturated heterocycles. The molecule has 0 radical (unpaired) electrons. The molecule has 162 valence electrons. The molecule has 0 aliphatic carbocycles. The lowest BCUT2D eigenvalue weighted by Gasteiger charge is -2.32. The van der Waals surface area contributed by atoms with Gasteiger partial charge in [0.15, 0.2) is 5.90 Å². The fraction of sp³-hybridized carbons (Fsp3) is 0.280. The molecule has 7 heteroatoms. The number of aromatic nitrogens is 1. The van der Waals surface area contributed by atoms with Crippen LogP contribution in [0.3, 0.4) is 0 Å². The normalized spacial score (nSPS) is 20.3. The Morgan fingerprint density at radius 3 is 2.78 bits per heavy atom. The maximum Gasteiger partial charge on any atom is 0.248 e. The fourth-order valence-electron chi connectivity index (χ4n) is 4.64. The predicted octanol–water partition coefficient (Wildman–Crippen LogP) is 3.69. The van der Waals surface area contributed by atoms with E-state index < -0.39 is 5.95 Å². The van der Waals surface area contributed by atoms with Gasteiger partial charge in [-0.2, -0.15) is 4.39 Å². The minimum absolute atomic E-state index is 0.0181. The number of ether oxygens (including phenoxy) is 1. The van der Waals surface area contributed by atoms with Gasteiger partial charge >= 0.3 is 0 Å². The van der Waals surface area contributed by atoms with Crippen LogP contribution < -0.4 is 0 Å². The number of methoxy groups -OCH3 is 1. The lowest BCUT2D eigenvalue weighted by atomic mass is 9.87. The van der Waals surface area contributed by atoms with Gasteiger partial charge in [-0.25, -0.2) is 4.98 Å². The van der Waals surface area contributed by atoms with E-state index in [2.05, 4.69) is 15.0 Å². The molecule has 6 nitrogen and oxygen atoms in total. The number of carbonyl (C=O) groups is 1. The van der Waals surface area contributed by atoms with Crippen LogP contribution in [0.5, 0.6) is 0 Å². The lowest BCUT2D eigenvalue weighted by Crippen LogP contribution is -2.36. The lowest BCUT2D eigenvalue weighted by molar-refractivity contribution is -0.126. The molecule has 0 saturated carbocycles. The Labute approximate surface area is 185 Å². The van der Waals surface area contributed by atoms with Crippen LogP contribution in [0.4, 0.5) is 4.39 Å². The molecule has 0 bridgehead atoms. The van der Waals surface area contributed by atoms with E-state index in [0.29, 0.717) is 25.4 Å². The van der Waals surface area contributed by atoms with Gasteiger partial charge in [0.1, 0.15) is 6.54 Å². The number of pyridine rings is 1. The van der Waals surface area contributed by atoms with Crippen LogP contribution in [0, 0.1) is 11.9 Å². The Kier molecular flexibility index (Phi) is 5.17. The molecule has 1 aromatic carbocycles. The van der Waals surface area contributed by atoms with E-state index in [9.17, 15) is 9.18 Å². The summed E-state index contributed by atoms with van der Waals surface area (Å²) in [6.07, 6.45) is 6.32. The van der Waals surface area contributed by atoms with Crippen LogP contribution in [-0.4, -0.2) is 54.1 Å². The van der Waals surface area contributed by atoms with E-state index in [0.717, 1.165) is 39.2 Å². The van der Waals surface area contributed by atoms with Crippen LogP contribution in [0.25, 0.3) is 16.8 Å². The van der Waals surface area contributed by atoms with E-state index in [1.165, 1.54) is 6.07 Å². The first-order chi connectivity index (χ1) is 15.6. The van der Waals surface area contributed by atoms with E-state index in [1.54, 1.807) is 19.4 Å². The molecule has 0 fully saturated rings. The summed E-state index contributed by atoms with van der Waals surface area (Å²) in [5.41, 5.74) is 6.63. The van der Waals surface area contributed by atoms with E-state index >= 15 is 0 Å². The third kappa shape index (κ3) is 3.43. The van der Waals surface area contributed by atoms with Crippen LogP contribution in [0.2, 0.25) is 0 Å². The summed E-state index contributed by atoms with van der Waals surface area (Å²) >= 11 is 0. The quantitative estimate of drug-likeness (QED) is 0.683. The highest BCUT2D eigenvalue weighted by Crippen LogP contribution is 2.37. The topological polar surface area (TPSA) is 67.2 Å². The first-order valence-electron chi connectivity index (χ1n) is 10.7. The molecular weight excluding hydrogens is 407 g/mol. The van der Waals surface area contributed by atoms with Crippen molar-refractivity contribution < 1.29 is 13.9 Å². The van der Waals surface area contributed by atoms with E-state index in [4.69, 9.17) is 4.74 Å². The molecule has 4 heterocycles. The molecule has 1 aromatic heterocycles. The van der Waals surface area contributed by atoms with Gasteiger partial charge in [0.05, 0.1) is 31.0 Å². The van der Waals surface area contributed by atoms with Gasteiger partial charge in [-0.3, -0.25) is 14.8 Å². The van der Waals surface area contributed by atoms with Gasteiger partial charge in [-0.05, 0) is 48.3 Å². The second kappa shape index (κ2) is 8.15. The average molecular weight is 430 g/mol. The number of allylic oxidation sites excluding steroid dienone is 1. The van der Waals surface area contributed by atoms with Crippen molar-refractivity contribution >= 4 is 23.2 Å². The minimum Gasteiger partial charge on any atom is -0.484 e. The monoisotopic (exact) mass is 430 g/mol. The molecule has 0 N–H and O–H groups in total. The number of dihydropyridines is 1. The Morgan fingerprint density at radius 2 is 2.00 bits per heavy atom. The Bertz CT molecular complexity index is 1210. The number of nitrogens with zero attached hydrogens (tertiary/aromatic N) is 4. The molecule has 1 atom stereocenters. The number of fused-ring (bicyclic) bond motifs is 3. The number of halogens is 1. The predicted molar refractivity (Wildman–Crippen MR) is 122 cm³/mol. The standard InChI is InChI=1S/C25H23FN4O2/c1-15-17(8-10-27-25(15)32-2)21-12-22-20-5-3-4-18(16-6-7-23(26)29-13-16)19(20)9-11-30(22)24(31)14-28-21/h3-8,12-13,15H,9-11,14H2,1-2H3. The Balaban J connectivity index is 1.60.